The second-order valence-electron chi connectivity index (χ2n) is 5.54. The van der Waals surface area contributed by atoms with E-state index in [1.54, 1.807) is 0 Å². The summed E-state index contributed by atoms with van der Waals surface area (Å²) in [6, 6.07) is 8.82. The number of hydrogen-bond donors (Lipinski definition) is 1. The number of hydrogen-bond acceptors (Lipinski definition) is 5. The van der Waals surface area contributed by atoms with Gasteiger partial charge in [-0.3, -0.25) is 0 Å². The fourth-order valence-corrected chi connectivity index (χ4v) is 2.71. The lowest BCUT2D eigenvalue weighted by Gasteiger charge is -2.25. The highest BCUT2D eigenvalue weighted by Gasteiger charge is 2.26. The summed E-state index contributed by atoms with van der Waals surface area (Å²) >= 11 is 0. The van der Waals surface area contributed by atoms with Crippen molar-refractivity contribution in [1.29, 1.82) is 0 Å². The van der Waals surface area contributed by atoms with Gasteiger partial charge in [0.1, 0.15) is 12.4 Å². The van der Waals surface area contributed by atoms with Gasteiger partial charge in [-0.15, -0.1) is 5.10 Å². The Labute approximate surface area is 117 Å². The topological polar surface area (TPSA) is 60.2 Å². The second-order valence-corrected chi connectivity index (χ2v) is 5.54. The van der Waals surface area contributed by atoms with Gasteiger partial charge in [0.15, 0.2) is 0 Å². The Morgan fingerprint density at radius 2 is 2.05 bits per heavy atom. The number of nitrogens with one attached hydrogen (secondary N) is 1. The van der Waals surface area contributed by atoms with Crippen molar-refractivity contribution >= 4 is 6.01 Å². The quantitative estimate of drug-likeness (QED) is 0.930. The smallest absolute Gasteiger partial charge is 0.315 e. The van der Waals surface area contributed by atoms with Crippen molar-refractivity contribution in [2.24, 2.45) is 0 Å². The summed E-state index contributed by atoms with van der Waals surface area (Å²) in [6.45, 7) is 0.623. The average Bonchev–Trinajstić information content (AvgIpc) is 2.85. The van der Waals surface area contributed by atoms with Crippen molar-refractivity contribution in [2.75, 3.05) is 11.9 Å². The highest BCUT2D eigenvalue weighted by atomic mass is 16.5. The van der Waals surface area contributed by atoms with Gasteiger partial charge >= 0.3 is 6.01 Å². The molecule has 0 unspecified atom stereocenters. The van der Waals surface area contributed by atoms with Crippen LogP contribution < -0.4 is 10.1 Å². The highest BCUT2D eigenvalue weighted by Crippen LogP contribution is 2.36. The number of aromatic nitrogens is 2. The van der Waals surface area contributed by atoms with Gasteiger partial charge in [0, 0.05) is 5.92 Å². The molecule has 1 N–H and O–H groups in total. The normalized spacial score (nSPS) is 21.7. The van der Waals surface area contributed by atoms with E-state index in [2.05, 4.69) is 21.6 Å². The average molecular weight is 271 g/mol. The summed E-state index contributed by atoms with van der Waals surface area (Å²) in [4.78, 5) is 0. The molecule has 5 nitrogen and oxygen atoms in total. The van der Waals surface area contributed by atoms with Crippen molar-refractivity contribution in [2.45, 2.75) is 37.6 Å². The summed E-state index contributed by atoms with van der Waals surface area (Å²) in [5.74, 6) is 2.23. The Morgan fingerprint density at radius 1 is 1.15 bits per heavy atom. The highest BCUT2D eigenvalue weighted by molar-refractivity contribution is 5.37. The number of ether oxygens (including phenoxy) is 1. The minimum Gasteiger partial charge on any atom is -0.491 e. The minimum atomic E-state index is 0.180. The van der Waals surface area contributed by atoms with Crippen LogP contribution >= 0.6 is 0 Å². The number of para-hydroxylation sites is 1. The molecule has 2 heterocycles. The predicted octanol–water partition coefficient (Wildman–Crippen LogP) is 2.75. The van der Waals surface area contributed by atoms with E-state index in [9.17, 15) is 0 Å². The van der Waals surface area contributed by atoms with Crippen LogP contribution in [0.1, 0.15) is 36.6 Å². The molecule has 1 fully saturated rings. The van der Waals surface area contributed by atoms with E-state index in [1.807, 2.05) is 18.2 Å². The van der Waals surface area contributed by atoms with Crippen molar-refractivity contribution in [3.05, 3.63) is 35.7 Å². The molecule has 1 aromatic carbocycles. The molecule has 5 heteroatoms. The molecule has 0 spiro atoms. The molecule has 0 saturated heterocycles. The van der Waals surface area contributed by atoms with Crippen LogP contribution in [0.15, 0.2) is 28.7 Å². The third-order valence-electron chi connectivity index (χ3n) is 4.10. The molecule has 0 bridgehead atoms. The molecule has 1 saturated carbocycles. The Morgan fingerprint density at radius 3 is 2.90 bits per heavy atom. The summed E-state index contributed by atoms with van der Waals surface area (Å²) in [5, 5.41) is 11.5. The molecule has 1 aliphatic heterocycles. The number of rotatable bonds is 3. The summed E-state index contributed by atoms with van der Waals surface area (Å²) < 4.78 is 11.4. The summed E-state index contributed by atoms with van der Waals surface area (Å²) in [6.07, 6.45) is 4.52. The van der Waals surface area contributed by atoms with Crippen LogP contribution in [0.5, 0.6) is 5.75 Å². The molecular weight excluding hydrogens is 254 g/mol. The maximum atomic E-state index is 5.74. The van der Waals surface area contributed by atoms with Gasteiger partial charge in [-0.25, -0.2) is 0 Å². The maximum Gasteiger partial charge on any atom is 0.315 e. The first-order valence-corrected chi connectivity index (χ1v) is 7.19. The first kappa shape index (κ1) is 11.8. The molecule has 20 heavy (non-hydrogen) atoms. The van der Waals surface area contributed by atoms with Crippen LogP contribution in [-0.2, 0) is 6.42 Å². The molecule has 1 atom stereocenters. The molecule has 0 radical (unpaired) electrons. The van der Waals surface area contributed by atoms with Gasteiger partial charge in [0.2, 0.25) is 5.89 Å². The van der Waals surface area contributed by atoms with Crippen molar-refractivity contribution in [3.8, 4) is 5.75 Å². The first-order valence-electron chi connectivity index (χ1n) is 7.19. The van der Waals surface area contributed by atoms with E-state index < -0.39 is 0 Å². The fourth-order valence-electron chi connectivity index (χ4n) is 2.71. The molecule has 1 aliphatic carbocycles. The minimum absolute atomic E-state index is 0.180. The van der Waals surface area contributed by atoms with E-state index >= 15 is 0 Å². The Hall–Kier alpha value is -2.04. The van der Waals surface area contributed by atoms with Gasteiger partial charge in [0.25, 0.3) is 0 Å². The zero-order valence-corrected chi connectivity index (χ0v) is 11.2. The van der Waals surface area contributed by atoms with Gasteiger partial charge < -0.3 is 14.5 Å². The molecule has 2 aliphatic rings. The van der Waals surface area contributed by atoms with E-state index in [0.29, 0.717) is 18.5 Å². The van der Waals surface area contributed by atoms with Crippen LogP contribution in [0.25, 0.3) is 0 Å². The van der Waals surface area contributed by atoms with E-state index in [-0.39, 0.29) is 6.04 Å². The second kappa shape index (κ2) is 4.81. The van der Waals surface area contributed by atoms with Crippen LogP contribution in [-0.4, -0.2) is 22.8 Å². The van der Waals surface area contributed by atoms with Crippen LogP contribution in [0, 0.1) is 0 Å². The van der Waals surface area contributed by atoms with Gasteiger partial charge in [-0.05, 0) is 30.9 Å². The largest absolute Gasteiger partial charge is 0.491 e. The van der Waals surface area contributed by atoms with E-state index in [4.69, 9.17) is 9.15 Å². The lowest BCUT2D eigenvalue weighted by atomic mass is 9.85. The zero-order valence-electron chi connectivity index (χ0n) is 11.2. The molecule has 0 amide bonds. The monoisotopic (exact) mass is 271 g/mol. The van der Waals surface area contributed by atoms with Gasteiger partial charge in [-0.2, -0.15) is 0 Å². The number of fused-ring (bicyclic) bond motifs is 1. The maximum absolute atomic E-state index is 5.74. The summed E-state index contributed by atoms with van der Waals surface area (Å²) in [7, 11) is 0. The third-order valence-corrected chi connectivity index (χ3v) is 4.10. The first-order chi connectivity index (χ1) is 9.88. The van der Waals surface area contributed by atoms with E-state index in [0.717, 1.165) is 18.1 Å². The van der Waals surface area contributed by atoms with Gasteiger partial charge in [0.05, 0.1) is 6.04 Å². The number of nitrogens with zero attached hydrogens (tertiary/aromatic N) is 2. The fraction of sp³-hybridized carbons (Fsp3) is 0.467. The van der Waals surface area contributed by atoms with Gasteiger partial charge in [-0.1, -0.05) is 29.7 Å². The molecule has 1 aromatic heterocycles. The van der Waals surface area contributed by atoms with Crippen LogP contribution in [0.2, 0.25) is 0 Å². The van der Waals surface area contributed by atoms with E-state index in [1.165, 1.54) is 24.8 Å². The molecular formula is C15H17N3O2. The zero-order chi connectivity index (χ0) is 13.4. The summed E-state index contributed by atoms with van der Waals surface area (Å²) in [5.41, 5.74) is 1.22. The third kappa shape index (κ3) is 2.13. The number of anilines is 1. The molecule has 4 rings (SSSR count). The lowest BCUT2D eigenvalue weighted by Crippen LogP contribution is -2.33. The predicted molar refractivity (Wildman–Crippen MR) is 73.9 cm³/mol. The van der Waals surface area contributed by atoms with Crippen LogP contribution in [0.3, 0.4) is 0 Å². The van der Waals surface area contributed by atoms with Crippen molar-refractivity contribution in [1.82, 2.24) is 10.2 Å². The SMILES string of the molecule is c1ccc2c(c1)C[C@H](Nc1nnc(C3CCC3)o1)CO2. The Balaban J connectivity index is 1.43. The molecule has 2 aromatic rings. The van der Waals surface area contributed by atoms with Crippen molar-refractivity contribution < 1.29 is 9.15 Å². The molecule has 104 valence electrons. The standard InChI is InChI=1S/C15H17N3O2/c1-2-7-13-11(4-1)8-12(9-19-13)16-15-18-17-14(20-15)10-5-3-6-10/h1-2,4,7,10,12H,3,5-6,8-9H2,(H,16,18)/t12-/m0/s1. The number of benzene rings is 1. The lowest BCUT2D eigenvalue weighted by molar-refractivity contribution is 0.269. The van der Waals surface area contributed by atoms with Crippen LogP contribution in [0.4, 0.5) is 6.01 Å². The Kier molecular flexibility index (Phi) is 2.83. The Bertz CT molecular complexity index is 607. The van der Waals surface area contributed by atoms with Crippen molar-refractivity contribution in [3.63, 3.8) is 0 Å².